The molecule has 0 amide bonds. The van der Waals surface area contributed by atoms with Gasteiger partial charge in [0.2, 0.25) is 0 Å². The number of nitrogens with one attached hydrogen (secondary N) is 2. The molecule has 4 nitrogen and oxygen atoms in total. The highest BCUT2D eigenvalue weighted by Gasteiger charge is 2.42. The van der Waals surface area contributed by atoms with Crippen LogP contribution in [0.5, 0.6) is 0 Å². The molecule has 2 fully saturated rings. The summed E-state index contributed by atoms with van der Waals surface area (Å²) in [6.07, 6.45) is 20.5. The fourth-order valence-corrected chi connectivity index (χ4v) is 9.35. The first-order valence-electron chi connectivity index (χ1n) is 17.5. The maximum absolute atomic E-state index is 3.93. The average molecular weight is 549 g/mol. The van der Waals surface area contributed by atoms with E-state index in [1.807, 2.05) is 0 Å². The van der Waals surface area contributed by atoms with Crippen LogP contribution in [0.3, 0.4) is 0 Å². The first kappa shape index (κ1) is 35.0. The fourth-order valence-electron chi connectivity index (χ4n) is 9.35. The van der Waals surface area contributed by atoms with Gasteiger partial charge in [-0.2, -0.15) is 0 Å². The first-order chi connectivity index (χ1) is 18.4. The maximum Gasteiger partial charge on any atom is 0.0229 e. The van der Waals surface area contributed by atoms with Crippen molar-refractivity contribution in [1.29, 1.82) is 0 Å². The summed E-state index contributed by atoms with van der Waals surface area (Å²) in [7, 11) is 0. The molecule has 2 atom stereocenters. The summed E-state index contributed by atoms with van der Waals surface area (Å²) in [4.78, 5) is 5.71. The molecule has 0 radical (unpaired) electrons. The average Bonchev–Trinajstić information content (AvgIpc) is 2.83. The van der Waals surface area contributed by atoms with Crippen molar-refractivity contribution in [3.63, 3.8) is 0 Å². The Bertz CT molecular complexity index is 561. The minimum Gasteiger partial charge on any atom is -0.314 e. The fraction of sp³-hybridized carbons (Fsp3) is 1.00. The van der Waals surface area contributed by atoms with Crippen LogP contribution in [0, 0.1) is 0 Å². The molecule has 39 heavy (non-hydrogen) atoms. The van der Waals surface area contributed by atoms with E-state index in [-0.39, 0.29) is 0 Å². The predicted octanol–water partition coefficient (Wildman–Crippen LogP) is 8.54. The van der Waals surface area contributed by atoms with Crippen molar-refractivity contribution in [3.8, 4) is 0 Å². The summed E-state index contributed by atoms with van der Waals surface area (Å²) < 4.78 is 0. The van der Waals surface area contributed by atoms with Gasteiger partial charge in [0, 0.05) is 47.3 Å². The molecule has 2 aliphatic rings. The number of nitrogens with zero attached hydrogens (tertiary/aromatic N) is 2. The lowest BCUT2D eigenvalue weighted by atomic mass is 9.75. The maximum atomic E-state index is 3.93. The van der Waals surface area contributed by atoms with Gasteiger partial charge in [-0.15, -0.1) is 0 Å². The van der Waals surface area contributed by atoms with Crippen molar-refractivity contribution in [3.05, 3.63) is 0 Å². The van der Waals surface area contributed by atoms with Crippen LogP contribution < -0.4 is 10.6 Å². The van der Waals surface area contributed by atoms with E-state index in [1.165, 1.54) is 96.3 Å². The minimum atomic E-state index is 0.392. The molecule has 0 heterocycles. The van der Waals surface area contributed by atoms with Gasteiger partial charge in [-0.05, 0) is 134 Å². The van der Waals surface area contributed by atoms with Gasteiger partial charge in [0.1, 0.15) is 0 Å². The molecule has 0 aromatic carbocycles. The molecule has 0 aliphatic heterocycles. The zero-order valence-corrected chi connectivity index (χ0v) is 28.4. The molecule has 2 N–H and O–H groups in total. The van der Waals surface area contributed by atoms with Gasteiger partial charge in [0.15, 0.2) is 0 Å². The summed E-state index contributed by atoms with van der Waals surface area (Å²) in [5.41, 5.74) is 0.785. The van der Waals surface area contributed by atoms with E-state index in [4.69, 9.17) is 0 Å². The van der Waals surface area contributed by atoms with Crippen molar-refractivity contribution < 1.29 is 0 Å². The van der Waals surface area contributed by atoms with Crippen molar-refractivity contribution in [2.45, 2.75) is 213 Å². The van der Waals surface area contributed by atoms with Crippen LogP contribution >= 0.6 is 0 Å². The van der Waals surface area contributed by atoms with Gasteiger partial charge in [0.25, 0.3) is 0 Å². The molecule has 2 unspecified atom stereocenters. The van der Waals surface area contributed by atoms with Gasteiger partial charge >= 0.3 is 0 Å². The molecule has 2 saturated carbocycles. The molecule has 0 saturated heterocycles. The van der Waals surface area contributed by atoms with E-state index >= 15 is 0 Å². The number of unbranched alkanes of at least 4 members (excludes halogenated alkanes) is 2. The summed E-state index contributed by atoms with van der Waals surface area (Å²) in [6.45, 7) is 26.5. The van der Waals surface area contributed by atoms with E-state index < -0.39 is 0 Å². The second-order valence-corrected chi connectivity index (χ2v) is 14.9. The normalized spacial score (nSPS) is 21.5. The molecular formula is C35H72N4. The molecule has 0 aromatic rings. The van der Waals surface area contributed by atoms with Crippen molar-refractivity contribution >= 4 is 0 Å². The Morgan fingerprint density at radius 2 is 0.769 bits per heavy atom. The summed E-state index contributed by atoms with van der Waals surface area (Å²) in [5.74, 6) is 0. The van der Waals surface area contributed by atoms with Crippen LogP contribution in [0.15, 0.2) is 0 Å². The number of rotatable bonds is 18. The van der Waals surface area contributed by atoms with Gasteiger partial charge < -0.3 is 10.6 Å². The van der Waals surface area contributed by atoms with Crippen LogP contribution in [0.1, 0.15) is 166 Å². The van der Waals surface area contributed by atoms with Crippen LogP contribution in [-0.2, 0) is 0 Å². The standard InChI is InChI=1S/C35H72N4/c1-28(2)38(29(3)4)34(20-14-11-15-21-34)26-32(9)36-24-18-13-19-25-37-33(10)27-35(22-16-12-17-23-35)39(30(5)6)31(7)8/h28-33,36-37H,11-27H2,1-10H3. The third-order valence-electron chi connectivity index (χ3n) is 10.1. The number of hydrogen-bond donors (Lipinski definition) is 2. The SMILES string of the molecule is CC(CC1(N(C(C)C)C(C)C)CCCCC1)NCCCCCNC(C)CC1(N(C(C)C)C(C)C)CCCCC1. The number of hydrogen-bond acceptors (Lipinski definition) is 4. The molecule has 4 heteroatoms. The third kappa shape index (κ3) is 10.6. The summed E-state index contributed by atoms with van der Waals surface area (Å²) in [5, 5.41) is 7.85. The van der Waals surface area contributed by atoms with Gasteiger partial charge in [-0.25, -0.2) is 0 Å². The third-order valence-corrected chi connectivity index (χ3v) is 10.1. The quantitative estimate of drug-likeness (QED) is 0.168. The topological polar surface area (TPSA) is 30.5 Å². The molecule has 232 valence electrons. The smallest absolute Gasteiger partial charge is 0.0229 e. The van der Waals surface area contributed by atoms with E-state index in [0.717, 1.165) is 13.1 Å². The van der Waals surface area contributed by atoms with E-state index in [2.05, 4.69) is 89.7 Å². The van der Waals surface area contributed by atoms with E-state index in [1.54, 1.807) is 0 Å². The molecule has 2 aliphatic carbocycles. The molecule has 0 bridgehead atoms. The van der Waals surface area contributed by atoms with E-state index in [0.29, 0.717) is 47.3 Å². The Morgan fingerprint density at radius 1 is 0.462 bits per heavy atom. The Morgan fingerprint density at radius 3 is 1.05 bits per heavy atom. The monoisotopic (exact) mass is 549 g/mol. The lowest BCUT2D eigenvalue weighted by Crippen LogP contribution is -2.58. The molecule has 2 rings (SSSR count). The largest absolute Gasteiger partial charge is 0.314 e. The zero-order chi connectivity index (χ0) is 29.1. The highest BCUT2D eigenvalue weighted by Crippen LogP contribution is 2.41. The van der Waals surface area contributed by atoms with Crippen molar-refractivity contribution in [1.82, 2.24) is 20.4 Å². The first-order valence-corrected chi connectivity index (χ1v) is 17.5. The highest BCUT2D eigenvalue weighted by molar-refractivity contribution is 4.99. The zero-order valence-electron chi connectivity index (χ0n) is 28.4. The Kier molecular flexibility index (Phi) is 15.3. The molecule has 0 aromatic heterocycles. The Balaban J connectivity index is 1.73. The summed E-state index contributed by atoms with van der Waals surface area (Å²) in [6, 6.07) is 3.68. The minimum absolute atomic E-state index is 0.392. The second-order valence-electron chi connectivity index (χ2n) is 14.9. The van der Waals surface area contributed by atoms with Crippen LogP contribution in [0.25, 0.3) is 0 Å². The van der Waals surface area contributed by atoms with Gasteiger partial charge in [-0.3, -0.25) is 9.80 Å². The molecular weight excluding hydrogens is 476 g/mol. The van der Waals surface area contributed by atoms with E-state index in [9.17, 15) is 0 Å². The van der Waals surface area contributed by atoms with Gasteiger partial charge in [0.05, 0.1) is 0 Å². The van der Waals surface area contributed by atoms with Crippen LogP contribution in [0.2, 0.25) is 0 Å². The lowest BCUT2D eigenvalue weighted by molar-refractivity contribution is -0.0142. The highest BCUT2D eigenvalue weighted by atomic mass is 15.3. The Labute approximate surface area is 246 Å². The van der Waals surface area contributed by atoms with Crippen molar-refractivity contribution in [2.75, 3.05) is 13.1 Å². The predicted molar refractivity (Wildman–Crippen MR) is 174 cm³/mol. The molecule has 0 spiro atoms. The van der Waals surface area contributed by atoms with Crippen LogP contribution in [0.4, 0.5) is 0 Å². The van der Waals surface area contributed by atoms with Gasteiger partial charge in [-0.1, -0.05) is 44.9 Å². The summed E-state index contributed by atoms with van der Waals surface area (Å²) >= 11 is 0. The second kappa shape index (κ2) is 17.1. The van der Waals surface area contributed by atoms with Crippen LogP contribution in [-0.4, -0.2) is 70.2 Å². The van der Waals surface area contributed by atoms with Crippen molar-refractivity contribution in [2.24, 2.45) is 0 Å². The Hall–Kier alpha value is -0.160. The lowest BCUT2D eigenvalue weighted by Gasteiger charge is -2.52.